The van der Waals surface area contributed by atoms with Crippen molar-refractivity contribution in [2.45, 2.75) is 46.1 Å². The first kappa shape index (κ1) is 15.0. The molecule has 2 rings (SSSR count). The second kappa shape index (κ2) is 6.40. The van der Waals surface area contributed by atoms with E-state index in [0.29, 0.717) is 13.1 Å². The highest BCUT2D eigenvalue weighted by molar-refractivity contribution is 5.79. The molecule has 3 N–H and O–H groups in total. The molecule has 20 heavy (non-hydrogen) atoms. The van der Waals surface area contributed by atoms with Crippen LogP contribution in [0, 0.1) is 11.3 Å². The summed E-state index contributed by atoms with van der Waals surface area (Å²) in [6.07, 6.45) is 4.24. The van der Waals surface area contributed by atoms with E-state index < -0.39 is 0 Å². The van der Waals surface area contributed by atoms with Gasteiger partial charge in [0.05, 0.1) is 0 Å². The maximum Gasteiger partial charge on any atom is 0.223 e. The molecule has 1 aromatic carbocycles. The number of benzene rings is 1. The van der Waals surface area contributed by atoms with E-state index >= 15 is 0 Å². The predicted octanol–water partition coefficient (Wildman–Crippen LogP) is 2.63. The zero-order valence-corrected chi connectivity index (χ0v) is 12.6. The van der Waals surface area contributed by atoms with Gasteiger partial charge in [-0.1, -0.05) is 44.5 Å². The third kappa shape index (κ3) is 3.60. The highest BCUT2D eigenvalue weighted by atomic mass is 16.1. The van der Waals surface area contributed by atoms with Gasteiger partial charge < -0.3 is 11.1 Å². The van der Waals surface area contributed by atoms with Crippen LogP contribution in [0.5, 0.6) is 0 Å². The van der Waals surface area contributed by atoms with Gasteiger partial charge in [-0.05, 0) is 42.3 Å². The highest BCUT2D eigenvalue weighted by Crippen LogP contribution is 2.42. The lowest BCUT2D eigenvalue weighted by Gasteiger charge is -2.25. The number of hydrogen-bond donors (Lipinski definition) is 2. The normalized spacial score (nSPS) is 20.9. The van der Waals surface area contributed by atoms with E-state index in [-0.39, 0.29) is 17.2 Å². The molecule has 1 fully saturated rings. The molecule has 110 valence electrons. The number of nitrogens with one attached hydrogen (secondary N) is 1. The van der Waals surface area contributed by atoms with Gasteiger partial charge in [0.2, 0.25) is 5.91 Å². The van der Waals surface area contributed by atoms with E-state index in [1.165, 1.54) is 12.0 Å². The number of carbonyl (C=O) groups is 1. The summed E-state index contributed by atoms with van der Waals surface area (Å²) in [5.41, 5.74) is 8.08. The first-order chi connectivity index (χ1) is 9.53. The Bertz CT molecular complexity index is 451. The van der Waals surface area contributed by atoms with E-state index in [2.05, 4.69) is 43.4 Å². The lowest BCUT2D eigenvalue weighted by Crippen LogP contribution is -2.35. The fourth-order valence-corrected chi connectivity index (χ4v) is 3.12. The molecular weight excluding hydrogens is 248 g/mol. The van der Waals surface area contributed by atoms with Gasteiger partial charge in [-0.2, -0.15) is 0 Å². The second-order valence-electron chi connectivity index (χ2n) is 6.51. The van der Waals surface area contributed by atoms with Crippen LogP contribution in [0.3, 0.4) is 0 Å². The summed E-state index contributed by atoms with van der Waals surface area (Å²) >= 11 is 0. The van der Waals surface area contributed by atoms with Gasteiger partial charge in [0.25, 0.3) is 0 Å². The first-order valence-electron chi connectivity index (χ1n) is 7.58. The molecule has 3 nitrogen and oxygen atoms in total. The standard InChI is InChI=1S/C17H26N2O/c1-17(2)10-3-4-15(17)16(20)19-12-14-7-5-13(6-8-14)9-11-18/h5-8,15H,3-4,9-12,18H2,1-2H3,(H,19,20). The zero-order valence-electron chi connectivity index (χ0n) is 12.6. The van der Waals surface area contributed by atoms with E-state index in [1.807, 2.05) is 0 Å². The molecule has 1 aliphatic rings. The minimum atomic E-state index is 0.148. The molecule has 1 amide bonds. The quantitative estimate of drug-likeness (QED) is 0.867. The third-order valence-electron chi connectivity index (χ3n) is 4.50. The van der Waals surface area contributed by atoms with Gasteiger partial charge in [0, 0.05) is 12.5 Å². The SMILES string of the molecule is CC1(C)CCCC1C(=O)NCc1ccc(CCN)cc1. The minimum absolute atomic E-state index is 0.148. The summed E-state index contributed by atoms with van der Waals surface area (Å²) in [7, 11) is 0. The molecule has 0 heterocycles. The van der Waals surface area contributed by atoms with Crippen molar-refractivity contribution in [1.29, 1.82) is 0 Å². The van der Waals surface area contributed by atoms with E-state index in [9.17, 15) is 4.79 Å². The Morgan fingerprint density at radius 2 is 1.95 bits per heavy atom. The summed E-state index contributed by atoms with van der Waals surface area (Å²) < 4.78 is 0. The van der Waals surface area contributed by atoms with Crippen molar-refractivity contribution >= 4 is 5.91 Å². The second-order valence-corrected chi connectivity index (χ2v) is 6.51. The lowest BCUT2D eigenvalue weighted by atomic mass is 9.81. The Morgan fingerprint density at radius 1 is 1.30 bits per heavy atom. The maximum absolute atomic E-state index is 12.3. The van der Waals surface area contributed by atoms with Crippen LogP contribution in [0.1, 0.15) is 44.2 Å². The van der Waals surface area contributed by atoms with Crippen molar-refractivity contribution in [3.8, 4) is 0 Å². The van der Waals surface area contributed by atoms with E-state index in [4.69, 9.17) is 5.73 Å². The van der Waals surface area contributed by atoms with Crippen molar-refractivity contribution in [3.05, 3.63) is 35.4 Å². The van der Waals surface area contributed by atoms with Crippen molar-refractivity contribution in [3.63, 3.8) is 0 Å². The molecule has 1 saturated carbocycles. The fraction of sp³-hybridized carbons (Fsp3) is 0.588. The Kier molecular flexibility index (Phi) is 4.81. The van der Waals surface area contributed by atoms with E-state index in [1.54, 1.807) is 0 Å². The van der Waals surface area contributed by atoms with Crippen LogP contribution in [0.4, 0.5) is 0 Å². The minimum Gasteiger partial charge on any atom is -0.352 e. The van der Waals surface area contributed by atoms with Crippen LogP contribution < -0.4 is 11.1 Å². The Labute approximate surface area is 121 Å². The van der Waals surface area contributed by atoms with Gasteiger partial charge in [-0.25, -0.2) is 0 Å². The monoisotopic (exact) mass is 274 g/mol. The van der Waals surface area contributed by atoms with Crippen molar-refractivity contribution in [2.75, 3.05) is 6.54 Å². The average molecular weight is 274 g/mol. The summed E-state index contributed by atoms with van der Waals surface area (Å²) in [5.74, 6) is 0.373. The number of amides is 1. The first-order valence-corrected chi connectivity index (χ1v) is 7.58. The lowest BCUT2D eigenvalue weighted by molar-refractivity contribution is -0.127. The predicted molar refractivity (Wildman–Crippen MR) is 82.2 cm³/mol. The summed E-state index contributed by atoms with van der Waals surface area (Å²) in [6, 6.07) is 8.33. The number of carbonyl (C=O) groups excluding carboxylic acids is 1. The molecule has 1 atom stereocenters. The maximum atomic E-state index is 12.3. The van der Waals surface area contributed by atoms with Gasteiger partial charge in [-0.15, -0.1) is 0 Å². The summed E-state index contributed by atoms with van der Waals surface area (Å²) in [4.78, 5) is 12.3. The Morgan fingerprint density at radius 3 is 2.50 bits per heavy atom. The molecular formula is C17H26N2O. The van der Waals surface area contributed by atoms with Gasteiger partial charge >= 0.3 is 0 Å². The molecule has 1 unspecified atom stereocenters. The Hall–Kier alpha value is -1.35. The molecule has 0 spiro atoms. The van der Waals surface area contributed by atoms with Gasteiger partial charge in [0.15, 0.2) is 0 Å². The number of rotatable bonds is 5. The summed E-state index contributed by atoms with van der Waals surface area (Å²) in [6.45, 7) is 5.69. The van der Waals surface area contributed by atoms with Gasteiger partial charge in [0.1, 0.15) is 0 Å². The van der Waals surface area contributed by atoms with Gasteiger partial charge in [-0.3, -0.25) is 4.79 Å². The third-order valence-corrected chi connectivity index (χ3v) is 4.50. The van der Waals surface area contributed by atoms with Crippen molar-refractivity contribution in [2.24, 2.45) is 17.1 Å². The van der Waals surface area contributed by atoms with Crippen molar-refractivity contribution < 1.29 is 4.79 Å². The molecule has 3 heteroatoms. The topological polar surface area (TPSA) is 55.1 Å². The van der Waals surface area contributed by atoms with E-state index in [0.717, 1.165) is 24.8 Å². The smallest absolute Gasteiger partial charge is 0.223 e. The molecule has 1 aliphatic carbocycles. The number of nitrogens with two attached hydrogens (primary N) is 1. The highest BCUT2D eigenvalue weighted by Gasteiger charge is 2.38. The molecule has 0 saturated heterocycles. The molecule has 0 radical (unpaired) electrons. The van der Waals surface area contributed by atoms with Crippen LogP contribution in [0.15, 0.2) is 24.3 Å². The molecule has 0 bridgehead atoms. The molecule has 1 aromatic rings. The van der Waals surface area contributed by atoms with Crippen LogP contribution in [0.25, 0.3) is 0 Å². The van der Waals surface area contributed by atoms with Crippen LogP contribution in [-0.4, -0.2) is 12.5 Å². The summed E-state index contributed by atoms with van der Waals surface area (Å²) in [5, 5.41) is 3.08. The van der Waals surface area contributed by atoms with Crippen LogP contribution >= 0.6 is 0 Å². The van der Waals surface area contributed by atoms with Crippen molar-refractivity contribution in [1.82, 2.24) is 5.32 Å². The molecule has 0 aromatic heterocycles. The fourth-order valence-electron chi connectivity index (χ4n) is 3.12. The van der Waals surface area contributed by atoms with Crippen LogP contribution in [-0.2, 0) is 17.8 Å². The van der Waals surface area contributed by atoms with Crippen LogP contribution in [0.2, 0.25) is 0 Å². The largest absolute Gasteiger partial charge is 0.352 e. The zero-order chi connectivity index (χ0) is 14.6. The average Bonchev–Trinajstić information content (AvgIpc) is 2.78. The molecule has 0 aliphatic heterocycles. The number of hydrogen-bond acceptors (Lipinski definition) is 2. The Balaban J connectivity index is 1.87.